The molecule has 1 rings (SSSR count). The number of rotatable bonds is 10. The van der Waals surface area contributed by atoms with Gasteiger partial charge in [0.2, 0.25) is 0 Å². The average Bonchev–Trinajstić information content (AvgIpc) is 2.56. The minimum atomic E-state index is -0.424. The third-order valence-electron chi connectivity index (χ3n) is 4.92. The number of hydrogen-bond donors (Lipinski definition) is 0. The smallest absolute Gasteiger partial charge is 0.333 e. The SMILES string of the molecule is C=C(C)C(=O)OCCCOC(=O)C1(C)CCC(CCCCC)=C(C)C1. The van der Waals surface area contributed by atoms with Gasteiger partial charge in [0.05, 0.1) is 18.6 Å². The first-order valence-electron chi connectivity index (χ1n) is 9.47. The van der Waals surface area contributed by atoms with Crippen molar-refractivity contribution in [1.29, 1.82) is 0 Å². The van der Waals surface area contributed by atoms with Crippen molar-refractivity contribution in [2.75, 3.05) is 13.2 Å². The molecule has 1 unspecified atom stereocenters. The number of esters is 2. The van der Waals surface area contributed by atoms with Gasteiger partial charge in [0, 0.05) is 12.0 Å². The first-order chi connectivity index (χ1) is 11.8. The maximum Gasteiger partial charge on any atom is 0.333 e. The van der Waals surface area contributed by atoms with Gasteiger partial charge >= 0.3 is 11.9 Å². The normalized spacial score (nSPS) is 20.3. The fraction of sp³-hybridized carbons (Fsp3) is 0.714. The Morgan fingerprint density at radius 2 is 1.84 bits per heavy atom. The second kappa shape index (κ2) is 10.4. The predicted molar refractivity (Wildman–Crippen MR) is 100 cm³/mol. The summed E-state index contributed by atoms with van der Waals surface area (Å²) in [6.45, 7) is 12.0. The quantitative estimate of drug-likeness (QED) is 0.237. The summed E-state index contributed by atoms with van der Waals surface area (Å²) >= 11 is 0. The molecule has 4 heteroatoms. The standard InChI is InChI=1S/C21H34O4/c1-6-7-8-10-18-11-12-21(5,15-17(18)4)20(23)25-14-9-13-24-19(22)16(2)3/h2,6-15H2,1,3-5H3. The van der Waals surface area contributed by atoms with Gasteiger partial charge in [-0.2, -0.15) is 0 Å². The van der Waals surface area contributed by atoms with Crippen molar-refractivity contribution >= 4 is 11.9 Å². The van der Waals surface area contributed by atoms with Gasteiger partial charge in [-0.1, -0.05) is 37.5 Å². The highest BCUT2D eigenvalue weighted by Crippen LogP contribution is 2.41. The topological polar surface area (TPSA) is 52.6 Å². The summed E-state index contributed by atoms with van der Waals surface area (Å²) in [6.07, 6.45) is 8.07. The van der Waals surface area contributed by atoms with E-state index in [0.717, 1.165) is 19.3 Å². The lowest BCUT2D eigenvalue weighted by molar-refractivity contribution is -0.156. The Morgan fingerprint density at radius 1 is 1.16 bits per heavy atom. The molecule has 0 bridgehead atoms. The van der Waals surface area contributed by atoms with Crippen LogP contribution in [0.5, 0.6) is 0 Å². The average molecular weight is 350 g/mol. The first-order valence-corrected chi connectivity index (χ1v) is 9.47. The van der Waals surface area contributed by atoms with Gasteiger partial charge in [-0.3, -0.25) is 4.79 Å². The molecule has 0 N–H and O–H groups in total. The van der Waals surface area contributed by atoms with E-state index in [-0.39, 0.29) is 19.2 Å². The van der Waals surface area contributed by atoms with Crippen LogP contribution in [-0.2, 0) is 19.1 Å². The van der Waals surface area contributed by atoms with Crippen LogP contribution in [0.2, 0.25) is 0 Å². The van der Waals surface area contributed by atoms with Gasteiger partial charge < -0.3 is 9.47 Å². The van der Waals surface area contributed by atoms with Crippen LogP contribution in [0.15, 0.2) is 23.3 Å². The summed E-state index contributed by atoms with van der Waals surface area (Å²) in [7, 11) is 0. The van der Waals surface area contributed by atoms with E-state index < -0.39 is 11.4 Å². The zero-order chi connectivity index (χ0) is 18.9. The lowest BCUT2D eigenvalue weighted by Gasteiger charge is -2.33. The van der Waals surface area contributed by atoms with E-state index in [2.05, 4.69) is 20.4 Å². The molecule has 0 radical (unpaired) electrons. The van der Waals surface area contributed by atoms with Crippen LogP contribution < -0.4 is 0 Å². The van der Waals surface area contributed by atoms with Crippen molar-refractivity contribution in [2.24, 2.45) is 5.41 Å². The summed E-state index contributed by atoms with van der Waals surface area (Å²) < 4.78 is 10.4. The maximum atomic E-state index is 12.5. The Bertz CT molecular complexity index is 518. The Morgan fingerprint density at radius 3 is 2.44 bits per heavy atom. The molecule has 1 aliphatic carbocycles. The number of unbranched alkanes of at least 4 members (excludes halogenated alkanes) is 2. The van der Waals surface area contributed by atoms with Gasteiger partial charge in [-0.15, -0.1) is 0 Å². The number of ether oxygens (including phenoxy) is 2. The Hall–Kier alpha value is -1.58. The Kier molecular flexibility index (Phi) is 8.95. The molecule has 0 spiro atoms. The molecule has 0 saturated carbocycles. The third kappa shape index (κ3) is 7.05. The molecular weight excluding hydrogens is 316 g/mol. The predicted octanol–water partition coefficient (Wildman–Crippen LogP) is 5.13. The van der Waals surface area contributed by atoms with Crippen LogP contribution in [0.4, 0.5) is 0 Å². The minimum absolute atomic E-state index is 0.134. The molecule has 1 aliphatic rings. The second-order valence-corrected chi connectivity index (χ2v) is 7.48. The highest BCUT2D eigenvalue weighted by atomic mass is 16.5. The summed E-state index contributed by atoms with van der Waals surface area (Å²) in [5, 5.41) is 0. The molecule has 0 aliphatic heterocycles. The van der Waals surface area contributed by atoms with Crippen LogP contribution in [0, 0.1) is 5.41 Å². The van der Waals surface area contributed by atoms with Crippen molar-refractivity contribution in [1.82, 2.24) is 0 Å². The summed E-state index contributed by atoms with van der Waals surface area (Å²) in [5.74, 6) is -0.535. The van der Waals surface area contributed by atoms with Crippen LogP contribution in [0.3, 0.4) is 0 Å². The van der Waals surface area contributed by atoms with Gasteiger partial charge in [0.1, 0.15) is 0 Å². The number of allylic oxidation sites excluding steroid dienone is 2. The van der Waals surface area contributed by atoms with Crippen LogP contribution in [0.1, 0.15) is 79.1 Å². The zero-order valence-electron chi connectivity index (χ0n) is 16.4. The van der Waals surface area contributed by atoms with E-state index in [1.165, 1.54) is 36.8 Å². The molecule has 1 atom stereocenters. The zero-order valence-corrected chi connectivity index (χ0v) is 16.4. The first kappa shape index (κ1) is 21.5. The summed E-state index contributed by atoms with van der Waals surface area (Å²) in [6, 6.07) is 0. The second-order valence-electron chi connectivity index (χ2n) is 7.48. The Balaban J connectivity index is 2.38. The highest BCUT2D eigenvalue weighted by molar-refractivity contribution is 5.86. The van der Waals surface area contributed by atoms with Crippen molar-refractivity contribution in [2.45, 2.75) is 79.1 Å². The molecule has 0 fully saturated rings. The molecule has 0 aromatic carbocycles. The molecular formula is C21H34O4. The van der Waals surface area contributed by atoms with E-state index >= 15 is 0 Å². The Labute approximate surface area is 152 Å². The number of hydrogen-bond acceptors (Lipinski definition) is 4. The van der Waals surface area contributed by atoms with E-state index in [4.69, 9.17) is 9.47 Å². The maximum absolute atomic E-state index is 12.5. The monoisotopic (exact) mass is 350 g/mol. The molecule has 0 aromatic heterocycles. The van der Waals surface area contributed by atoms with Gasteiger partial charge in [-0.05, 0) is 52.9 Å². The largest absolute Gasteiger partial charge is 0.465 e. The third-order valence-corrected chi connectivity index (χ3v) is 4.92. The summed E-state index contributed by atoms with van der Waals surface area (Å²) in [4.78, 5) is 23.7. The number of carbonyl (C=O) groups is 2. The minimum Gasteiger partial charge on any atom is -0.465 e. The molecule has 142 valence electrons. The van der Waals surface area contributed by atoms with E-state index in [1.807, 2.05) is 6.92 Å². The van der Waals surface area contributed by atoms with Crippen molar-refractivity contribution in [3.63, 3.8) is 0 Å². The van der Waals surface area contributed by atoms with Crippen molar-refractivity contribution < 1.29 is 19.1 Å². The molecule has 0 aromatic rings. The van der Waals surface area contributed by atoms with E-state index in [1.54, 1.807) is 6.92 Å². The van der Waals surface area contributed by atoms with Crippen LogP contribution in [0.25, 0.3) is 0 Å². The lowest BCUT2D eigenvalue weighted by Crippen LogP contribution is -2.33. The number of carbonyl (C=O) groups excluding carboxylic acids is 2. The fourth-order valence-corrected chi connectivity index (χ4v) is 3.23. The lowest BCUT2D eigenvalue weighted by atomic mass is 9.72. The van der Waals surface area contributed by atoms with E-state index in [9.17, 15) is 9.59 Å². The van der Waals surface area contributed by atoms with Crippen molar-refractivity contribution in [3.8, 4) is 0 Å². The van der Waals surface area contributed by atoms with Gasteiger partial charge in [0.15, 0.2) is 0 Å². The molecule has 25 heavy (non-hydrogen) atoms. The van der Waals surface area contributed by atoms with Crippen LogP contribution >= 0.6 is 0 Å². The molecule has 4 nitrogen and oxygen atoms in total. The highest BCUT2D eigenvalue weighted by Gasteiger charge is 2.37. The van der Waals surface area contributed by atoms with Crippen LogP contribution in [-0.4, -0.2) is 25.2 Å². The molecule has 0 amide bonds. The molecule has 0 heterocycles. The summed E-state index contributed by atoms with van der Waals surface area (Å²) in [5.41, 5.74) is 2.85. The van der Waals surface area contributed by atoms with Gasteiger partial charge in [0.25, 0.3) is 0 Å². The van der Waals surface area contributed by atoms with Gasteiger partial charge in [-0.25, -0.2) is 4.79 Å². The van der Waals surface area contributed by atoms with E-state index in [0.29, 0.717) is 12.0 Å². The van der Waals surface area contributed by atoms with Crippen molar-refractivity contribution in [3.05, 3.63) is 23.3 Å². The fourth-order valence-electron chi connectivity index (χ4n) is 3.23. The molecule has 0 saturated heterocycles.